The van der Waals surface area contributed by atoms with Gasteiger partial charge in [-0.05, 0) is 36.2 Å². The highest BCUT2D eigenvalue weighted by Crippen LogP contribution is 2.30. The lowest BCUT2D eigenvalue weighted by Crippen LogP contribution is -2.44. The van der Waals surface area contributed by atoms with Gasteiger partial charge in [0.2, 0.25) is 0 Å². The largest absolute Gasteiger partial charge is 0.448 e. The Morgan fingerprint density at radius 1 is 1.26 bits per heavy atom. The maximum Gasteiger partial charge on any atom is 0.411 e. The molecular weight excluding hydrogens is 498 g/mol. The van der Waals surface area contributed by atoms with Gasteiger partial charge in [0.1, 0.15) is 18.5 Å². The number of aryl methyl sites for hydroxylation is 1. The van der Waals surface area contributed by atoms with E-state index in [4.69, 9.17) is 9.47 Å². The fraction of sp³-hybridized carbons (Fsp3) is 0.296. The van der Waals surface area contributed by atoms with Crippen LogP contribution in [0.25, 0.3) is 16.4 Å². The minimum absolute atomic E-state index is 0.00952. The molecule has 0 bridgehead atoms. The third-order valence-electron chi connectivity index (χ3n) is 6.64. The summed E-state index contributed by atoms with van der Waals surface area (Å²) >= 11 is 0. The smallest absolute Gasteiger partial charge is 0.411 e. The lowest BCUT2D eigenvalue weighted by Gasteiger charge is -2.23. The third kappa shape index (κ3) is 5.38. The standard InChI is InChI=1S/C27H29N9O3/c1-2-22-23(34-27(37)39-16-21-15-38-9-8-29-21)14-36-25(22)26(30-17-32-36)33-20-5-6-24-19(10-20)12-31-35(24)13-18-4-3-7-28-11-18/h3-7,10-12,14,17,21,29H,2,8-9,13,15-16H2,1H3,(H,34,37)(H,30,32,33)/t21-/m0/s1. The van der Waals surface area contributed by atoms with Crippen LogP contribution in [0.5, 0.6) is 0 Å². The van der Waals surface area contributed by atoms with Gasteiger partial charge in [-0.2, -0.15) is 10.2 Å². The Labute approximate surface area is 224 Å². The molecule has 1 fully saturated rings. The molecule has 6 rings (SSSR count). The molecule has 200 valence electrons. The molecule has 39 heavy (non-hydrogen) atoms. The molecule has 1 saturated heterocycles. The fourth-order valence-corrected chi connectivity index (χ4v) is 4.77. The van der Waals surface area contributed by atoms with Crippen molar-refractivity contribution in [3.8, 4) is 0 Å². The van der Waals surface area contributed by atoms with E-state index in [1.807, 2.05) is 54.3 Å². The summed E-state index contributed by atoms with van der Waals surface area (Å²) in [4.78, 5) is 21.2. The van der Waals surface area contributed by atoms with Gasteiger partial charge in [-0.25, -0.2) is 14.3 Å². The van der Waals surface area contributed by atoms with Crippen molar-refractivity contribution in [1.82, 2.24) is 34.7 Å². The number of hydrogen-bond acceptors (Lipinski definition) is 9. The number of morpholine rings is 1. The Morgan fingerprint density at radius 3 is 3.03 bits per heavy atom. The minimum atomic E-state index is -0.524. The zero-order chi connectivity index (χ0) is 26.6. The van der Waals surface area contributed by atoms with Gasteiger partial charge in [0, 0.05) is 35.6 Å². The number of rotatable bonds is 8. The second kappa shape index (κ2) is 11.1. The highest BCUT2D eigenvalue weighted by molar-refractivity contribution is 5.91. The Hall–Kier alpha value is -4.55. The van der Waals surface area contributed by atoms with Crippen molar-refractivity contribution in [3.63, 3.8) is 0 Å². The second-order valence-electron chi connectivity index (χ2n) is 9.29. The molecule has 1 aliphatic rings. The number of nitrogens with one attached hydrogen (secondary N) is 3. The number of benzene rings is 1. The van der Waals surface area contributed by atoms with E-state index >= 15 is 0 Å². The van der Waals surface area contributed by atoms with E-state index in [1.54, 1.807) is 16.9 Å². The molecule has 1 aliphatic heterocycles. The summed E-state index contributed by atoms with van der Waals surface area (Å²) in [6.07, 6.45) is 8.85. The van der Waals surface area contributed by atoms with Gasteiger partial charge >= 0.3 is 6.09 Å². The average Bonchev–Trinajstić information content (AvgIpc) is 3.53. The van der Waals surface area contributed by atoms with Crippen molar-refractivity contribution in [2.75, 3.05) is 37.0 Å². The van der Waals surface area contributed by atoms with E-state index in [0.29, 0.717) is 37.7 Å². The molecule has 0 unspecified atom stereocenters. The summed E-state index contributed by atoms with van der Waals surface area (Å²) < 4.78 is 14.5. The van der Waals surface area contributed by atoms with Crippen molar-refractivity contribution >= 4 is 39.7 Å². The monoisotopic (exact) mass is 527 g/mol. The lowest BCUT2D eigenvalue weighted by molar-refractivity contribution is 0.0494. The SMILES string of the molecule is CCc1c(NC(=O)OC[C@@H]2COCCN2)cn2ncnc(Nc3ccc4c(cnn4Cc4cccnc4)c3)c12. The molecule has 0 aliphatic carbocycles. The van der Waals surface area contributed by atoms with Crippen LogP contribution in [0.4, 0.5) is 22.0 Å². The molecular formula is C27H29N9O3. The predicted octanol–water partition coefficient (Wildman–Crippen LogP) is 3.37. The molecule has 1 amide bonds. The van der Waals surface area contributed by atoms with Crippen molar-refractivity contribution in [2.24, 2.45) is 0 Å². The molecule has 1 atom stereocenters. The summed E-state index contributed by atoms with van der Waals surface area (Å²) in [6.45, 7) is 4.83. The lowest BCUT2D eigenvalue weighted by atomic mass is 10.2. The van der Waals surface area contributed by atoms with Crippen LogP contribution < -0.4 is 16.0 Å². The molecule has 5 aromatic rings. The van der Waals surface area contributed by atoms with E-state index in [2.05, 4.69) is 36.1 Å². The number of pyridine rings is 1. The number of carbonyl (C=O) groups is 1. The summed E-state index contributed by atoms with van der Waals surface area (Å²) in [5.74, 6) is 0.633. The van der Waals surface area contributed by atoms with Crippen LogP contribution in [0.3, 0.4) is 0 Å². The van der Waals surface area contributed by atoms with Crippen LogP contribution in [0, 0.1) is 0 Å². The molecule has 12 heteroatoms. The highest BCUT2D eigenvalue weighted by atomic mass is 16.6. The topological polar surface area (TPSA) is 133 Å². The number of nitrogens with zero attached hydrogens (tertiary/aromatic N) is 6. The summed E-state index contributed by atoms with van der Waals surface area (Å²) in [5.41, 5.74) is 5.29. The van der Waals surface area contributed by atoms with Gasteiger partial charge in [-0.1, -0.05) is 13.0 Å². The van der Waals surface area contributed by atoms with Gasteiger partial charge < -0.3 is 20.1 Å². The Kier molecular flexibility index (Phi) is 7.02. The zero-order valence-corrected chi connectivity index (χ0v) is 21.5. The number of ether oxygens (including phenoxy) is 2. The van der Waals surface area contributed by atoms with Crippen LogP contribution in [0.15, 0.2) is 61.4 Å². The van der Waals surface area contributed by atoms with Crippen molar-refractivity contribution in [1.29, 1.82) is 0 Å². The summed E-state index contributed by atoms with van der Waals surface area (Å²) in [6, 6.07) is 10.0. The highest BCUT2D eigenvalue weighted by Gasteiger charge is 2.19. The first-order valence-electron chi connectivity index (χ1n) is 12.9. The van der Waals surface area contributed by atoms with Crippen molar-refractivity contribution in [3.05, 3.63) is 72.6 Å². The van der Waals surface area contributed by atoms with E-state index in [-0.39, 0.29) is 12.6 Å². The first-order valence-corrected chi connectivity index (χ1v) is 12.9. The fourth-order valence-electron chi connectivity index (χ4n) is 4.77. The average molecular weight is 528 g/mol. The summed E-state index contributed by atoms with van der Waals surface area (Å²) in [5, 5.41) is 19.5. The van der Waals surface area contributed by atoms with Crippen LogP contribution >= 0.6 is 0 Å². The molecule has 0 saturated carbocycles. The van der Waals surface area contributed by atoms with Gasteiger partial charge in [0.15, 0.2) is 5.82 Å². The first kappa shape index (κ1) is 24.8. The molecule has 5 heterocycles. The van der Waals surface area contributed by atoms with E-state index in [0.717, 1.165) is 39.8 Å². The Balaban J connectivity index is 1.20. The Bertz CT molecular complexity index is 1590. The Morgan fingerprint density at radius 2 is 2.21 bits per heavy atom. The number of fused-ring (bicyclic) bond motifs is 2. The van der Waals surface area contributed by atoms with Gasteiger partial charge in [-0.3, -0.25) is 15.0 Å². The molecule has 3 N–H and O–H groups in total. The number of hydrogen-bond donors (Lipinski definition) is 3. The second-order valence-corrected chi connectivity index (χ2v) is 9.29. The molecule has 0 radical (unpaired) electrons. The van der Waals surface area contributed by atoms with Crippen LogP contribution in [0.2, 0.25) is 0 Å². The summed E-state index contributed by atoms with van der Waals surface area (Å²) in [7, 11) is 0. The zero-order valence-electron chi connectivity index (χ0n) is 21.5. The maximum atomic E-state index is 12.5. The minimum Gasteiger partial charge on any atom is -0.448 e. The normalized spacial score (nSPS) is 15.5. The van der Waals surface area contributed by atoms with Crippen LogP contribution in [0.1, 0.15) is 18.1 Å². The molecule has 1 aromatic carbocycles. The number of anilines is 3. The van der Waals surface area contributed by atoms with Crippen LogP contribution in [-0.2, 0) is 22.4 Å². The van der Waals surface area contributed by atoms with Crippen molar-refractivity contribution in [2.45, 2.75) is 25.9 Å². The van der Waals surface area contributed by atoms with Crippen LogP contribution in [-0.4, -0.2) is 67.9 Å². The van der Waals surface area contributed by atoms with E-state index < -0.39 is 6.09 Å². The van der Waals surface area contributed by atoms with Gasteiger partial charge in [0.05, 0.1) is 49.4 Å². The third-order valence-corrected chi connectivity index (χ3v) is 6.64. The van der Waals surface area contributed by atoms with Gasteiger partial charge in [-0.15, -0.1) is 0 Å². The number of amides is 1. The quantitative estimate of drug-likeness (QED) is 0.278. The predicted molar refractivity (Wildman–Crippen MR) is 146 cm³/mol. The molecule has 4 aromatic heterocycles. The molecule has 0 spiro atoms. The maximum absolute atomic E-state index is 12.5. The first-order chi connectivity index (χ1) is 19.2. The molecule has 12 nitrogen and oxygen atoms in total. The van der Waals surface area contributed by atoms with Gasteiger partial charge in [0.25, 0.3) is 0 Å². The number of aromatic nitrogens is 6. The van der Waals surface area contributed by atoms with E-state index in [1.165, 1.54) is 6.33 Å². The van der Waals surface area contributed by atoms with Crippen molar-refractivity contribution < 1.29 is 14.3 Å². The van der Waals surface area contributed by atoms with E-state index in [9.17, 15) is 4.79 Å². The number of carbonyl (C=O) groups excluding carboxylic acids is 1.